The van der Waals surface area contributed by atoms with Crippen LogP contribution in [0.25, 0.3) is 0 Å². The third kappa shape index (κ3) is 3.24. The summed E-state index contributed by atoms with van der Waals surface area (Å²) in [7, 11) is -3.86. The number of primary sulfonamides is 1. The molecule has 2 aromatic rings. The first-order chi connectivity index (χ1) is 8.86. The maximum absolute atomic E-state index is 13.3. The molecule has 100 valence electrons. The van der Waals surface area contributed by atoms with Crippen LogP contribution in [0.1, 0.15) is 0 Å². The Morgan fingerprint density at radius 2 is 1.89 bits per heavy atom. The highest BCUT2D eigenvalue weighted by molar-refractivity contribution is 7.89. The number of sulfonamides is 1. The molecule has 5 nitrogen and oxygen atoms in total. The van der Waals surface area contributed by atoms with E-state index in [-0.39, 0.29) is 16.5 Å². The molecule has 2 rings (SSSR count). The van der Waals surface area contributed by atoms with Crippen molar-refractivity contribution < 1.29 is 21.9 Å². The summed E-state index contributed by atoms with van der Waals surface area (Å²) in [5.74, 6) is -1.87. The van der Waals surface area contributed by atoms with Crippen LogP contribution in [0.15, 0.2) is 41.4 Å². The van der Waals surface area contributed by atoms with Crippen LogP contribution < -0.4 is 9.88 Å². The fourth-order valence-electron chi connectivity index (χ4n) is 1.26. The molecule has 0 unspecified atom stereocenters. The Labute approximate surface area is 107 Å². The Bertz CT molecular complexity index is 702. The van der Waals surface area contributed by atoms with Gasteiger partial charge in [0.1, 0.15) is 10.7 Å². The predicted octanol–water partition coefficient (Wildman–Crippen LogP) is 1.80. The van der Waals surface area contributed by atoms with Crippen LogP contribution in [0, 0.1) is 11.6 Å². The Morgan fingerprint density at radius 1 is 1.16 bits per heavy atom. The lowest BCUT2D eigenvalue weighted by Crippen LogP contribution is -2.12. The Balaban J connectivity index is 2.27. The zero-order chi connectivity index (χ0) is 14.0. The number of halogens is 2. The van der Waals surface area contributed by atoms with Crippen LogP contribution >= 0.6 is 0 Å². The van der Waals surface area contributed by atoms with Crippen molar-refractivity contribution in [1.29, 1.82) is 0 Å². The molecule has 0 spiro atoms. The number of ether oxygens (including phenoxy) is 1. The lowest BCUT2D eigenvalue weighted by Gasteiger charge is -2.06. The van der Waals surface area contributed by atoms with Gasteiger partial charge in [0.15, 0.2) is 11.6 Å². The van der Waals surface area contributed by atoms with Gasteiger partial charge in [0, 0.05) is 12.1 Å². The van der Waals surface area contributed by atoms with Crippen molar-refractivity contribution in [2.75, 3.05) is 0 Å². The second-order valence-electron chi connectivity index (χ2n) is 3.55. The van der Waals surface area contributed by atoms with Gasteiger partial charge < -0.3 is 4.74 Å². The topological polar surface area (TPSA) is 82.3 Å². The minimum atomic E-state index is -3.86. The van der Waals surface area contributed by atoms with Crippen LogP contribution in [0.2, 0.25) is 0 Å². The van der Waals surface area contributed by atoms with E-state index in [0.717, 1.165) is 30.5 Å². The zero-order valence-corrected chi connectivity index (χ0v) is 10.2. The van der Waals surface area contributed by atoms with Crippen molar-refractivity contribution in [2.24, 2.45) is 5.14 Å². The number of nitrogens with two attached hydrogens (primary N) is 1. The maximum atomic E-state index is 13.3. The molecule has 1 aromatic carbocycles. The maximum Gasteiger partial charge on any atom is 0.239 e. The van der Waals surface area contributed by atoms with Gasteiger partial charge in [-0.15, -0.1) is 0 Å². The molecule has 0 atom stereocenters. The first kappa shape index (κ1) is 13.4. The number of nitrogens with zero attached hydrogens (tertiary/aromatic N) is 1. The van der Waals surface area contributed by atoms with E-state index in [1.54, 1.807) is 0 Å². The minimum absolute atomic E-state index is 0.0862. The van der Waals surface area contributed by atoms with Gasteiger partial charge in [0.2, 0.25) is 15.9 Å². The van der Waals surface area contributed by atoms with Crippen LogP contribution in [0.3, 0.4) is 0 Å². The van der Waals surface area contributed by atoms with E-state index in [9.17, 15) is 17.2 Å². The quantitative estimate of drug-likeness (QED) is 0.932. The molecule has 0 aliphatic rings. The van der Waals surface area contributed by atoms with Crippen molar-refractivity contribution in [3.8, 4) is 11.6 Å². The van der Waals surface area contributed by atoms with E-state index in [4.69, 9.17) is 9.88 Å². The van der Waals surface area contributed by atoms with E-state index in [0.29, 0.717) is 0 Å². The largest absolute Gasteiger partial charge is 0.436 e. The van der Waals surface area contributed by atoms with Gasteiger partial charge in [-0.2, -0.15) is 0 Å². The van der Waals surface area contributed by atoms with Crippen molar-refractivity contribution in [1.82, 2.24) is 4.98 Å². The van der Waals surface area contributed by atoms with Gasteiger partial charge in [0.25, 0.3) is 0 Å². The SMILES string of the molecule is NS(=O)(=O)c1ccc(Oc2cc(F)ccc2F)nc1. The fourth-order valence-corrected chi connectivity index (χ4v) is 1.72. The first-order valence-corrected chi connectivity index (χ1v) is 6.52. The summed E-state index contributed by atoms with van der Waals surface area (Å²) in [5, 5.41) is 4.89. The molecule has 0 radical (unpaired) electrons. The zero-order valence-electron chi connectivity index (χ0n) is 9.38. The van der Waals surface area contributed by atoms with Gasteiger partial charge in [-0.3, -0.25) is 0 Å². The molecule has 0 amide bonds. The molecule has 1 aromatic heterocycles. The number of aromatic nitrogens is 1. The summed E-state index contributed by atoms with van der Waals surface area (Å²) < 4.78 is 53.2. The Hall–Kier alpha value is -2.06. The third-order valence-corrected chi connectivity index (χ3v) is 3.04. The summed E-state index contributed by atoms with van der Waals surface area (Å²) in [6.45, 7) is 0. The van der Waals surface area contributed by atoms with E-state index in [1.165, 1.54) is 6.07 Å². The lowest BCUT2D eigenvalue weighted by molar-refractivity contribution is 0.422. The molecule has 19 heavy (non-hydrogen) atoms. The van der Waals surface area contributed by atoms with E-state index in [1.807, 2.05) is 0 Å². The highest BCUT2D eigenvalue weighted by Crippen LogP contribution is 2.24. The predicted molar refractivity (Wildman–Crippen MR) is 62.0 cm³/mol. The summed E-state index contributed by atoms with van der Waals surface area (Å²) in [6, 6.07) is 5.03. The second-order valence-corrected chi connectivity index (χ2v) is 5.12. The van der Waals surface area contributed by atoms with Gasteiger partial charge in [-0.1, -0.05) is 0 Å². The molecular formula is C11H8F2N2O3S. The van der Waals surface area contributed by atoms with Crippen molar-refractivity contribution in [2.45, 2.75) is 4.90 Å². The molecule has 0 aliphatic carbocycles. The monoisotopic (exact) mass is 286 g/mol. The molecule has 0 fully saturated rings. The van der Waals surface area contributed by atoms with E-state index < -0.39 is 21.7 Å². The molecule has 0 aliphatic heterocycles. The summed E-state index contributed by atoms with van der Waals surface area (Å²) in [5.41, 5.74) is 0. The van der Waals surface area contributed by atoms with Gasteiger partial charge >= 0.3 is 0 Å². The van der Waals surface area contributed by atoms with E-state index in [2.05, 4.69) is 4.98 Å². The van der Waals surface area contributed by atoms with Crippen molar-refractivity contribution in [3.63, 3.8) is 0 Å². The van der Waals surface area contributed by atoms with Gasteiger partial charge in [0.05, 0.1) is 6.20 Å². The average molecular weight is 286 g/mol. The first-order valence-electron chi connectivity index (χ1n) is 4.98. The van der Waals surface area contributed by atoms with Crippen LogP contribution in [-0.4, -0.2) is 13.4 Å². The highest BCUT2D eigenvalue weighted by atomic mass is 32.2. The molecule has 0 saturated heterocycles. The van der Waals surface area contributed by atoms with Crippen molar-refractivity contribution in [3.05, 3.63) is 48.2 Å². The van der Waals surface area contributed by atoms with Gasteiger partial charge in [-0.05, 0) is 18.2 Å². The minimum Gasteiger partial charge on any atom is -0.436 e. The molecular weight excluding hydrogens is 278 g/mol. The summed E-state index contributed by atoms with van der Waals surface area (Å²) in [6.07, 6.45) is 0.960. The normalized spacial score (nSPS) is 11.3. The lowest BCUT2D eigenvalue weighted by atomic mass is 10.3. The van der Waals surface area contributed by atoms with Gasteiger partial charge in [-0.25, -0.2) is 27.3 Å². The average Bonchev–Trinajstić information content (AvgIpc) is 2.33. The Morgan fingerprint density at radius 3 is 2.47 bits per heavy atom. The second kappa shape index (κ2) is 4.90. The van der Waals surface area contributed by atoms with Crippen LogP contribution in [0.5, 0.6) is 11.6 Å². The number of hydrogen-bond acceptors (Lipinski definition) is 4. The molecule has 2 N–H and O–H groups in total. The summed E-state index contributed by atoms with van der Waals surface area (Å²) in [4.78, 5) is 3.43. The smallest absolute Gasteiger partial charge is 0.239 e. The third-order valence-electron chi connectivity index (χ3n) is 2.15. The number of rotatable bonds is 3. The Kier molecular flexibility index (Phi) is 3.45. The van der Waals surface area contributed by atoms with Crippen LogP contribution in [-0.2, 0) is 10.0 Å². The van der Waals surface area contributed by atoms with Crippen LogP contribution in [0.4, 0.5) is 8.78 Å². The molecule has 0 saturated carbocycles. The summed E-state index contributed by atoms with van der Waals surface area (Å²) >= 11 is 0. The molecule has 0 bridgehead atoms. The standard InChI is InChI=1S/C11H8F2N2O3S/c12-7-1-3-9(13)10(5-7)18-11-4-2-8(6-15-11)19(14,16)17/h1-6H,(H2,14,16,17). The fraction of sp³-hybridized carbons (Fsp3) is 0. The molecule has 1 heterocycles. The number of benzene rings is 1. The van der Waals surface area contributed by atoms with E-state index >= 15 is 0 Å². The number of hydrogen-bond donors (Lipinski definition) is 1. The highest BCUT2D eigenvalue weighted by Gasteiger charge is 2.10. The molecule has 8 heteroatoms. The number of pyridine rings is 1. The van der Waals surface area contributed by atoms with Crippen molar-refractivity contribution >= 4 is 10.0 Å².